The molecule has 10 heteroatoms. The van der Waals surface area contributed by atoms with Crippen LogP contribution in [0.2, 0.25) is 0 Å². The maximum atomic E-state index is 14.1. The predicted molar refractivity (Wildman–Crippen MR) is 117 cm³/mol. The van der Waals surface area contributed by atoms with E-state index < -0.39 is 24.4 Å². The number of amides is 1. The van der Waals surface area contributed by atoms with Gasteiger partial charge in [0.05, 0.1) is 28.8 Å². The van der Waals surface area contributed by atoms with Gasteiger partial charge in [-0.3, -0.25) is 9.59 Å². The molecule has 0 fully saturated rings. The molecule has 1 heterocycles. The fraction of sp³-hybridized carbons (Fsp3) is 0.294. The number of thiophene rings is 1. The fourth-order valence-electron chi connectivity index (χ4n) is 2.29. The van der Waals surface area contributed by atoms with Crippen LogP contribution in [0.15, 0.2) is 18.2 Å². The van der Waals surface area contributed by atoms with Crippen LogP contribution in [0.4, 0.5) is 15.1 Å². The Morgan fingerprint density at radius 1 is 1.37 bits per heavy atom. The van der Waals surface area contributed by atoms with E-state index in [0.717, 1.165) is 14.9 Å². The number of halogens is 2. The smallest absolute Gasteiger partial charge is 0.254 e. The van der Waals surface area contributed by atoms with Crippen molar-refractivity contribution in [1.29, 1.82) is 0 Å². The quantitative estimate of drug-likeness (QED) is 0.329. The molecule has 2 rings (SSSR count). The van der Waals surface area contributed by atoms with E-state index in [1.807, 2.05) is 22.6 Å². The topological polar surface area (TPSA) is 98.7 Å². The summed E-state index contributed by atoms with van der Waals surface area (Å²) in [6, 6.07) is 4.62. The van der Waals surface area contributed by atoms with Gasteiger partial charge in [-0.1, -0.05) is 0 Å². The Hall–Kier alpha value is -1.21. The highest BCUT2D eigenvalue weighted by Crippen LogP contribution is 2.36. The van der Waals surface area contributed by atoms with Crippen molar-refractivity contribution in [2.45, 2.75) is 20.0 Å². The van der Waals surface area contributed by atoms with Crippen LogP contribution in [0.3, 0.4) is 0 Å². The van der Waals surface area contributed by atoms with Gasteiger partial charge in [0.2, 0.25) is 0 Å². The number of benzene rings is 1. The van der Waals surface area contributed by atoms with Crippen LogP contribution in [0, 0.1) is 16.3 Å². The fourth-order valence-corrected chi connectivity index (χ4v) is 3.85. The number of aliphatic hydroxyl groups is 2. The molecule has 0 saturated heterocycles. The molecule has 27 heavy (non-hydrogen) atoms. The Kier molecular flexibility index (Phi) is 9.15. The summed E-state index contributed by atoms with van der Waals surface area (Å²) in [7, 11) is 0. The predicted octanol–water partition coefficient (Wildman–Crippen LogP) is 2.94. The Labute approximate surface area is 180 Å². The largest absolute Gasteiger partial charge is 0.394 e. The second kappa shape index (κ2) is 10.4. The number of Topliss-reactive ketones (excluding diaryl/α,β-unsaturated/α-hetero) is 1. The highest BCUT2D eigenvalue weighted by molar-refractivity contribution is 14.1. The molecule has 1 atom stereocenters. The highest BCUT2D eigenvalue weighted by atomic mass is 127. The number of carbonyl (C=O) groups is 2. The molecule has 0 radical (unpaired) electrons. The van der Waals surface area contributed by atoms with Gasteiger partial charge in [0.15, 0.2) is 5.78 Å². The molecule has 0 aliphatic heterocycles. The van der Waals surface area contributed by atoms with E-state index in [-0.39, 0.29) is 37.1 Å². The number of hydrogen-bond donors (Lipinski definition) is 4. The molecule has 148 valence electrons. The van der Waals surface area contributed by atoms with Gasteiger partial charge in [-0.2, -0.15) is 13.5 Å². The standard InChI is InChI=1S/C17H18FIN2O4S.H2S/c1-8-14(16(25)20-6-11(24)7-22)17(26-15(8)9(2)23)21-13-4-3-10(19)5-12(13)18;/h3-5,11,21-22,24H,6-7H2,1-2H3,(H,20,25);1H2/t11-;/m0./s1. The first-order valence-electron chi connectivity index (χ1n) is 7.68. The average molecular weight is 526 g/mol. The number of hydrogen-bond acceptors (Lipinski definition) is 6. The van der Waals surface area contributed by atoms with Crippen molar-refractivity contribution in [2.75, 3.05) is 18.5 Å². The van der Waals surface area contributed by atoms with Crippen molar-refractivity contribution in [2.24, 2.45) is 0 Å². The van der Waals surface area contributed by atoms with Crippen molar-refractivity contribution in [3.63, 3.8) is 0 Å². The number of carbonyl (C=O) groups excluding carboxylic acids is 2. The second-order valence-electron chi connectivity index (χ2n) is 5.61. The minimum absolute atomic E-state index is 0. The van der Waals surface area contributed by atoms with E-state index in [0.29, 0.717) is 15.4 Å². The monoisotopic (exact) mass is 526 g/mol. The minimum Gasteiger partial charge on any atom is -0.394 e. The summed E-state index contributed by atoms with van der Waals surface area (Å²) >= 11 is 3.06. The van der Waals surface area contributed by atoms with Crippen molar-refractivity contribution in [3.05, 3.63) is 43.6 Å². The maximum absolute atomic E-state index is 14.1. The van der Waals surface area contributed by atoms with E-state index in [1.165, 1.54) is 13.0 Å². The zero-order valence-electron chi connectivity index (χ0n) is 14.6. The summed E-state index contributed by atoms with van der Waals surface area (Å²) in [4.78, 5) is 24.8. The normalized spacial score (nSPS) is 11.5. The van der Waals surface area contributed by atoms with Gasteiger partial charge < -0.3 is 20.8 Å². The lowest BCUT2D eigenvalue weighted by molar-refractivity contribution is 0.0802. The Morgan fingerprint density at radius 3 is 2.59 bits per heavy atom. The summed E-state index contributed by atoms with van der Waals surface area (Å²) in [5, 5.41) is 24.0. The van der Waals surface area contributed by atoms with Crippen molar-refractivity contribution in [3.8, 4) is 0 Å². The van der Waals surface area contributed by atoms with Crippen molar-refractivity contribution < 1.29 is 24.2 Å². The zero-order chi connectivity index (χ0) is 19.4. The molecule has 0 aliphatic carbocycles. The molecule has 0 unspecified atom stereocenters. The van der Waals surface area contributed by atoms with Crippen LogP contribution in [-0.4, -0.2) is 41.2 Å². The molecule has 1 amide bonds. The summed E-state index contributed by atoms with van der Waals surface area (Å²) in [6.07, 6.45) is -1.09. The SMILES string of the molecule is CC(=O)c1sc(Nc2ccc(I)cc2F)c(C(=O)NC[C@H](O)CO)c1C.S. The minimum atomic E-state index is -1.09. The van der Waals surface area contributed by atoms with Crippen LogP contribution >= 0.6 is 47.4 Å². The molecule has 6 nitrogen and oxygen atoms in total. The van der Waals surface area contributed by atoms with Gasteiger partial charge in [0.25, 0.3) is 5.91 Å². The van der Waals surface area contributed by atoms with Crippen LogP contribution in [0.1, 0.15) is 32.5 Å². The maximum Gasteiger partial charge on any atom is 0.254 e. The molecule has 1 aromatic heterocycles. The van der Waals surface area contributed by atoms with Crippen LogP contribution in [-0.2, 0) is 0 Å². The Balaban J connectivity index is 0.00000364. The van der Waals surface area contributed by atoms with Crippen LogP contribution < -0.4 is 10.6 Å². The third-order valence-electron chi connectivity index (χ3n) is 3.58. The first-order chi connectivity index (χ1) is 12.2. The van der Waals surface area contributed by atoms with Crippen molar-refractivity contribution in [1.82, 2.24) is 5.32 Å². The first-order valence-corrected chi connectivity index (χ1v) is 9.57. The summed E-state index contributed by atoms with van der Waals surface area (Å²) in [5.74, 6) is -1.20. The number of aliphatic hydroxyl groups excluding tert-OH is 2. The van der Waals surface area contributed by atoms with Crippen LogP contribution in [0.25, 0.3) is 0 Å². The molecule has 0 aliphatic rings. The first kappa shape index (κ1) is 23.8. The molecule has 0 bridgehead atoms. The van der Waals surface area contributed by atoms with Gasteiger partial charge in [-0.15, -0.1) is 11.3 Å². The van der Waals surface area contributed by atoms with E-state index in [1.54, 1.807) is 19.1 Å². The van der Waals surface area contributed by atoms with Gasteiger partial charge in [-0.05, 0) is 60.2 Å². The number of ketones is 1. The third-order valence-corrected chi connectivity index (χ3v) is 5.56. The molecule has 0 spiro atoms. The number of nitrogens with one attached hydrogen (secondary N) is 2. The van der Waals surface area contributed by atoms with Crippen LogP contribution in [0.5, 0.6) is 0 Å². The van der Waals surface area contributed by atoms with Crippen molar-refractivity contribution >= 4 is 69.8 Å². The number of rotatable bonds is 7. The molecular weight excluding hydrogens is 506 g/mol. The lowest BCUT2D eigenvalue weighted by Crippen LogP contribution is -2.34. The second-order valence-corrected chi connectivity index (χ2v) is 7.88. The average Bonchev–Trinajstić information content (AvgIpc) is 2.91. The lowest BCUT2D eigenvalue weighted by atomic mass is 10.1. The molecule has 4 N–H and O–H groups in total. The van der Waals surface area contributed by atoms with Gasteiger partial charge in [0, 0.05) is 10.1 Å². The third kappa shape index (κ3) is 5.88. The molecular formula is C17H20FIN2O4S2. The summed E-state index contributed by atoms with van der Waals surface area (Å²) < 4.78 is 14.9. The lowest BCUT2D eigenvalue weighted by Gasteiger charge is -2.12. The molecule has 0 saturated carbocycles. The van der Waals surface area contributed by atoms with Gasteiger partial charge in [-0.25, -0.2) is 4.39 Å². The Bertz CT molecular complexity index is 845. The summed E-state index contributed by atoms with van der Waals surface area (Å²) in [5.41, 5.74) is 0.876. The van der Waals surface area contributed by atoms with Gasteiger partial charge >= 0.3 is 0 Å². The molecule has 1 aromatic carbocycles. The zero-order valence-corrected chi connectivity index (χ0v) is 18.6. The van der Waals surface area contributed by atoms with E-state index in [2.05, 4.69) is 10.6 Å². The summed E-state index contributed by atoms with van der Waals surface area (Å²) in [6.45, 7) is 2.41. The number of anilines is 2. The van der Waals surface area contributed by atoms with Gasteiger partial charge in [0.1, 0.15) is 10.8 Å². The van der Waals surface area contributed by atoms with E-state index in [9.17, 15) is 19.1 Å². The van der Waals surface area contributed by atoms with E-state index >= 15 is 0 Å². The highest BCUT2D eigenvalue weighted by Gasteiger charge is 2.24. The van der Waals surface area contributed by atoms with E-state index in [4.69, 9.17) is 5.11 Å². The Morgan fingerprint density at radius 2 is 2.04 bits per heavy atom. The molecule has 2 aromatic rings.